The van der Waals surface area contributed by atoms with Crippen molar-refractivity contribution in [2.75, 3.05) is 18.9 Å². The molecule has 0 aromatic carbocycles. The largest absolute Gasteiger partial charge is 0.465 e. The van der Waals surface area contributed by atoms with Crippen molar-refractivity contribution in [2.24, 2.45) is 0 Å². The molecule has 0 aliphatic heterocycles. The Kier molecular flexibility index (Phi) is 7.52. The number of aromatic nitrogens is 3. The number of carbonyl (C=O) groups excluding carboxylic acids is 2. The molecule has 0 unspecified atom stereocenters. The van der Waals surface area contributed by atoms with Crippen LogP contribution in [0.2, 0.25) is 0 Å². The average Bonchev–Trinajstić information content (AvgIpc) is 3.25. The maximum atomic E-state index is 11.9. The average molecular weight is 366 g/mol. The Bertz CT molecular complexity index is 684. The Labute approximate surface area is 150 Å². The van der Waals surface area contributed by atoms with Crippen LogP contribution in [-0.4, -0.2) is 45.5 Å². The standard InChI is InChI=1S/C16H22N4O4S/c1-3-5-8-20-15(12-7-6-9-24-12)18-19-16(20)25-11-13(21)17-10-14(22)23-4-2/h6-7,9H,3-5,8,10-11H2,1-2H3,(H,17,21). The summed E-state index contributed by atoms with van der Waals surface area (Å²) >= 11 is 1.27. The van der Waals surface area contributed by atoms with Gasteiger partial charge in [0, 0.05) is 6.54 Å². The van der Waals surface area contributed by atoms with E-state index in [-0.39, 0.29) is 18.2 Å². The molecule has 0 saturated heterocycles. The molecule has 136 valence electrons. The van der Waals surface area contributed by atoms with Crippen LogP contribution in [0.3, 0.4) is 0 Å². The van der Waals surface area contributed by atoms with Gasteiger partial charge in [-0.05, 0) is 25.5 Å². The van der Waals surface area contributed by atoms with E-state index in [1.807, 2.05) is 10.6 Å². The van der Waals surface area contributed by atoms with Crippen LogP contribution in [0.15, 0.2) is 28.0 Å². The summed E-state index contributed by atoms with van der Waals surface area (Å²) in [5.74, 6) is 0.715. The second-order valence-corrected chi connectivity index (χ2v) is 6.10. The van der Waals surface area contributed by atoms with Crippen LogP contribution < -0.4 is 5.32 Å². The van der Waals surface area contributed by atoms with Crippen LogP contribution in [0, 0.1) is 0 Å². The first-order valence-electron chi connectivity index (χ1n) is 8.17. The van der Waals surface area contributed by atoms with Crippen molar-refractivity contribution in [3.63, 3.8) is 0 Å². The second kappa shape index (κ2) is 9.87. The Balaban J connectivity index is 1.97. The van der Waals surface area contributed by atoms with Crippen LogP contribution in [-0.2, 0) is 20.9 Å². The summed E-state index contributed by atoms with van der Waals surface area (Å²) < 4.78 is 12.1. The molecule has 0 saturated carbocycles. The van der Waals surface area contributed by atoms with Crippen molar-refractivity contribution in [2.45, 2.75) is 38.4 Å². The van der Waals surface area contributed by atoms with E-state index in [1.165, 1.54) is 11.8 Å². The normalized spacial score (nSPS) is 10.6. The quantitative estimate of drug-likeness (QED) is 0.508. The fourth-order valence-electron chi connectivity index (χ4n) is 2.07. The van der Waals surface area contributed by atoms with Gasteiger partial charge >= 0.3 is 5.97 Å². The first-order valence-corrected chi connectivity index (χ1v) is 9.16. The smallest absolute Gasteiger partial charge is 0.325 e. The molecule has 2 aromatic heterocycles. The second-order valence-electron chi connectivity index (χ2n) is 5.16. The monoisotopic (exact) mass is 366 g/mol. The molecule has 8 nitrogen and oxygen atoms in total. The Hall–Kier alpha value is -2.29. The van der Waals surface area contributed by atoms with Crippen LogP contribution in [0.25, 0.3) is 11.6 Å². The minimum atomic E-state index is -0.452. The van der Waals surface area contributed by atoms with Gasteiger partial charge in [-0.1, -0.05) is 25.1 Å². The third-order valence-corrected chi connectivity index (χ3v) is 4.23. The molecule has 0 aliphatic rings. The van der Waals surface area contributed by atoms with E-state index in [2.05, 4.69) is 22.4 Å². The molecule has 2 aromatic rings. The zero-order chi connectivity index (χ0) is 18.1. The van der Waals surface area contributed by atoms with E-state index in [9.17, 15) is 9.59 Å². The number of hydrogen-bond acceptors (Lipinski definition) is 7. The number of rotatable bonds is 10. The topological polar surface area (TPSA) is 99.2 Å². The summed E-state index contributed by atoms with van der Waals surface area (Å²) in [6.45, 7) is 4.72. The predicted molar refractivity (Wildman–Crippen MR) is 93.0 cm³/mol. The van der Waals surface area contributed by atoms with Crippen LogP contribution in [0.5, 0.6) is 0 Å². The van der Waals surface area contributed by atoms with E-state index < -0.39 is 5.97 Å². The van der Waals surface area contributed by atoms with Gasteiger partial charge in [0.05, 0.1) is 18.6 Å². The Morgan fingerprint density at radius 1 is 1.36 bits per heavy atom. The van der Waals surface area contributed by atoms with Crippen molar-refractivity contribution in [3.8, 4) is 11.6 Å². The number of hydrogen-bond donors (Lipinski definition) is 1. The number of amides is 1. The van der Waals surface area contributed by atoms with Crippen molar-refractivity contribution in [1.29, 1.82) is 0 Å². The van der Waals surface area contributed by atoms with Gasteiger partial charge in [-0.25, -0.2) is 0 Å². The van der Waals surface area contributed by atoms with Gasteiger partial charge in [-0.3, -0.25) is 14.2 Å². The molecule has 1 amide bonds. The van der Waals surface area contributed by atoms with Gasteiger partial charge < -0.3 is 14.5 Å². The molecule has 0 fully saturated rings. The molecular formula is C16H22N4O4S. The van der Waals surface area contributed by atoms with Crippen molar-refractivity contribution < 1.29 is 18.7 Å². The van der Waals surface area contributed by atoms with E-state index in [1.54, 1.807) is 19.3 Å². The van der Waals surface area contributed by atoms with Gasteiger partial charge in [-0.2, -0.15) is 0 Å². The summed E-state index contributed by atoms with van der Waals surface area (Å²) in [7, 11) is 0. The maximum Gasteiger partial charge on any atom is 0.325 e. The molecule has 2 rings (SSSR count). The first kappa shape index (κ1) is 19.0. The molecule has 0 spiro atoms. The molecule has 25 heavy (non-hydrogen) atoms. The first-order chi connectivity index (χ1) is 12.2. The Morgan fingerprint density at radius 2 is 2.20 bits per heavy atom. The highest BCUT2D eigenvalue weighted by Gasteiger charge is 2.17. The maximum absolute atomic E-state index is 11.9. The van der Waals surface area contributed by atoms with E-state index in [4.69, 9.17) is 9.15 Å². The lowest BCUT2D eigenvalue weighted by molar-refractivity contribution is -0.143. The van der Waals surface area contributed by atoms with E-state index in [0.29, 0.717) is 23.3 Å². The summed E-state index contributed by atoms with van der Waals surface area (Å²) in [5, 5.41) is 11.5. The lowest BCUT2D eigenvalue weighted by Crippen LogP contribution is -2.31. The fourth-order valence-corrected chi connectivity index (χ4v) is 2.86. The summed E-state index contributed by atoms with van der Waals surface area (Å²) in [5.41, 5.74) is 0. The molecule has 2 heterocycles. The highest BCUT2D eigenvalue weighted by molar-refractivity contribution is 7.99. The minimum absolute atomic E-state index is 0.132. The zero-order valence-electron chi connectivity index (χ0n) is 14.4. The minimum Gasteiger partial charge on any atom is -0.465 e. The molecule has 0 bridgehead atoms. The van der Waals surface area contributed by atoms with Gasteiger partial charge in [-0.15, -0.1) is 10.2 Å². The summed E-state index contributed by atoms with van der Waals surface area (Å²) in [4.78, 5) is 23.1. The van der Waals surface area contributed by atoms with Crippen molar-refractivity contribution >= 4 is 23.6 Å². The number of thioether (sulfide) groups is 1. The van der Waals surface area contributed by atoms with Gasteiger partial charge in [0.15, 0.2) is 16.7 Å². The molecule has 0 radical (unpaired) electrons. The number of furan rings is 1. The number of nitrogens with one attached hydrogen (secondary N) is 1. The number of unbranched alkanes of at least 4 members (excludes halogenated alkanes) is 1. The summed E-state index contributed by atoms with van der Waals surface area (Å²) in [6, 6.07) is 3.62. The highest BCUT2D eigenvalue weighted by Crippen LogP contribution is 2.24. The molecule has 9 heteroatoms. The SMILES string of the molecule is CCCCn1c(SCC(=O)NCC(=O)OCC)nnc1-c1ccco1. The lowest BCUT2D eigenvalue weighted by Gasteiger charge is -2.08. The fraction of sp³-hybridized carbons (Fsp3) is 0.500. The zero-order valence-corrected chi connectivity index (χ0v) is 15.2. The van der Waals surface area contributed by atoms with Gasteiger partial charge in [0.25, 0.3) is 0 Å². The summed E-state index contributed by atoms with van der Waals surface area (Å²) in [6.07, 6.45) is 3.58. The lowest BCUT2D eigenvalue weighted by atomic mass is 10.3. The predicted octanol–water partition coefficient (Wildman–Crippen LogP) is 2.11. The number of esters is 1. The third kappa shape index (κ3) is 5.63. The van der Waals surface area contributed by atoms with Crippen molar-refractivity contribution in [3.05, 3.63) is 18.4 Å². The number of carbonyl (C=O) groups is 2. The number of ether oxygens (including phenoxy) is 1. The Morgan fingerprint density at radius 3 is 2.88 bits per heavy atom. The molecule has 0 atom stereocenters. The third-order valence-electron chi connectivity index (χ3n) is 3.26. The van der Waals surface area contributed by atoms with Crippen LogP contribution in [0.1, 0.15) is 26.7 Å². The van der Waals surface area contributed by atoms with E-state index in [0.717, 1.165) is 19.4 Å². The molecule has 0 aliphatic carbocycles. The van der Waals surface area contributed by atoms with Crippen LogP contribution >= 0.6 is 11.8 Å². The highest BCUT2D eigenvalue weighted by atomic mass is 32.2. The molecular weight excluding hydrogens is 344 g/mol. The van der Waals surface area contributed by atoms with E-state index >= 15 is 0 Å². The van der Waals surface area contributed by atoms with Gasteiger partial charge in [0.2, 0.25) is 5.91 Å². The molecule has 1 N–H and O–H groups in total. The van der Waals surface area contributed by atoms with Gasteiger partial charge in [0.1, 0.15) is 6.54 Å². The van der Waals surface area contributed by atoms with Crippen LogP contribution in [0.4, 0.5) is 0 Å². The number of nitrogens with zero attached hydrogens (tertiary/aromatic N) is 3. The van der Waals surface area contributed by atoms with Crippen molar-refractivity contribution in [1.82, 2.24) is 20.1 Å².